The first-order chi connectivity index (χ1) is 14.2. The first-order valence-electron chi connectivity index (χ1n) is 11.7. The fourth-order valence-electron chi connectivity index (χ4n) is 3.51. The summed E-state index contributed by atoms with van der Waals surface area (Å²) in [5, 5.41) is 0. The summed E-state index contributed by atoms with van der Waals surface area (Å²) in [4.78, 5) is 0. The summed E-state index contributed by atoms with van der Waals surface area (Å²) in [5.41, 5.74) is 3.68. The van der Waals surface area contributed by atoms with E-state index in [2.05, 4.69) is 69.3 Å². The van der Waals surface area contributed by atoms with Gasteiger partial charge in [-0.2, -0.15) is 0 Å². The van der Waals surface area contributed by atoms with Crippen molar-refractivity contribution in [1.82, 2.24) is 0 Å². The van der Waals surface area contributed by atoms with Gasteiger partial charge in [-0.3, -0.25) is 0 Å². The Morgan fingerprint density at radius 1 is 0.621 bits per heavy atom. The lowest BCUT2D eigenvalue weighted by Gasteiger charge is -2.13. The van der Waals surface area contributed by atoms with Gasteiger partial charge in [-0.05, 0) is 48.6 Å². The Labute approximate surface area is 178 Å². The lowest BCUT2D eigenvalue weighted by molar-refractivity contribution is 0.0663. The summed E-state index contributed by atoms with van der Waals surface area (Å²) in [7, 11) is 0. The van der Waals surface area contributed by atoms with Crippen LogP contribution in [0, 0.1) is 0 Å². The molecular weight excluding hydrogens is 356 g/mol. The highest BCUT2D eigenvalue weighted by molar-refractivity contribution is 5.64. The van der Waals surface area contributed by atoms with E-state index in [1.165, 1.54) is 61.6 Å². The Bertz CT molecular complexity index is 645. The summed E-state index contributed by atoms with van der Waals surface area (Å²) in [6, 6.07) is 17.2. The summed E-state index contributed by atoms with van der Waals surface area (Å²) in [5.74, 6) is 0.968. The number of rotatable bonds is 15. The zero-order valence-corrected chi connectivity index (χ0v) is 18.8. The summed E-state index contributed by atoms with van der Waals surface area (Å²) >= 11 is 0. The highest BCUT2D eigenvalue weighted by Crippen LogP contribution is 2.25. The predicted molar refractivity (Wildman–Crippen MR) is 125 cm³/mol. The van der Waals surface area contributed by atoms with Crippen molar-refractivity contribution in [1.29, 1.82) is 0 Å². The van der Waals surface area contributed by atoms with Crippen molar-refractivity contribution in [3.63, 3.8) is 0 Å². The Balaban J connectivity index is 1.70. The number of benzene rings is 2. The second-order valence-electron chi connectivity index (χ2n) is 7.98. The van der Waals surface area contributed by atoms with Crippen molar-refractivity contribution in [2.45, 2.75) is 84.7 Å². The van der Waals surface area contributed by atoms with Crippen molar-refractivity contribution in [2.75, 3.05) is 13.2 Å². The molecule has 2 aromatic rings. The molecule has 0 amide bonds. The zero-order chi connectivity index (χ0) is 20.7. The fraction of sp³-hybridized carbons (Fsp3) is 0.556. The number of ether oxygens (including phenoxy) is 2. The average molecular weight is 397 g/mol. The minimum atomic E-state index is 0.149. The lowest BCUT2D eigenvalue weighted by Crippen LogP contribution is -2.00. The van der Waals surface area contributed by atoms with Gasteiger partial charge in [0.25, 0.3) is 0 Å². The molecule has 0 aromatic heterocycles. The van der Waals surface area contributed by atoms with Crippen molar-refractivity contribution in [3.8, 4) is 16.9 Å². The van der Waals surface area contributed by atoms with Crippen LogP contribution in [0.25, 0.3) is 11.1 Å². The molecule has 0 aliphatic rings. The van der Waals surface area contributed by atoms with Gasteiger partial charge < -0.3 is 9.47 Å². The minimum Gasteiger partial charge on any atom is -0.494 e. The maximum Gasteiger partial charge on any atom is 0.119 e. The maximum absolute atomic E-state index is 5.91. The molecule has 1 atom stereocenters. The fourth-order valence-corrected chi connectivity index (χ4v) is 3.51. The van der Waals surface area contributed by atoms with Gasteiger partial charge in [0.1, 0.15) is 5.75 Å². The van der Waals surface area contributed by atoms with Crippen molar-refractivity contribution in [2.24, 2.45) is 0 Å². The molecule has 2 rings (SSSR count). The van der Waals surface area contributed by atoms with Crippen LogP contribution in [-0.4, -0.2) is 13.2 Å². The molecule has 0 aliphatic heterocycles. The third kappa shape index (κ3) is 9.04. The monoisotopic (exact) mass is 396 g/mol. The molecule has 0 N–H and O–H groups in total. The smallest absolute Gasteiger partial charge is 0.119 e. The van der Waals surface area contributed by atoms with Gasteiger partial charge in [0.05, 0.1) is 12.7 Å². The van der Waals surface area contributed by atoms with Crippen molar-refractivity contribution >= 4 is 0 Å². The molecule has 0 saturated heterocycles. The van der Waals surface area contributed by atoms with Crippen molar-refractivity contribution in [3.05, 3.63) is 54.1 Å². The molecule has 0 saturated carbocycles. The van der Waals surface area contributed by atoms with E-state index >= 15 is 0 Å². The molecule has 160 valence electrons. The van der Waals surface area contributed by atoms with Gasteiger partial charge in [-0.25, -0.2) is 0 Å². The summed E-state index contributed by atoms with van der Waals surface area (Å²) < 4.78 is 11.7. The van der Waals surface area contributed by atoms with E-state index in [-0.39, 0.29) is 6.10 Å². The Hall–Kier alpha value is -1.80. The molecule has 0 radical (unpaired) electrons. The molecule has 2 heteroatoms. The normalized spacial score (nSPS) is 12.1. The zero-order valence-electron chi connectivity index (χ0n) is 18.8. The topological polar surface area (TPSA) is 18.5 Å². The van der Waals surface area contributed by atoms with Crippen LogP contribution in [-0.2, 0) is 4.74 Å². The second-order valence-corrected chi connectivity index (χ2v) is 7.98. The largest absolute Gasteiger partial charge is 0.494 e. The first-order valence-corrected chi connectivity index (χ1v) is 11.7. The SMILES string of the molecule is CCCCCCCCCCOc1ccc(-c2ccc(C(C)OCCC)cc2)cc1. The van der Waals surface area contributed by atoms with Crippen LogP contribution in [0.2, 0.25) is 0 Å². The predicted octanol–water partition coefficient (Wildman–Crippen LogP) is 8.36. The van der Waals surface area contributed by atoms with Gasteiger partial charge >= 0.3 is 0 Å². The van der Waals surface area contributed by atoms with E-state index in [1.54, 1.807) is 0 Å². The molecule has 1 unspecified atom stereocenters. The maximum atomic E-state index is 5.91. The van der Waals surface area contributed by atoms with Crippen LogP contribution in [0.1, 0.15) is 90.2 Å². The third-order valence-electron chi connectivity index (χ3n) is 5.41. The lowest BCUT2D eigenvalue weighted by atomic mass is 10.0. The highest BCUT2D eigenvalue weighted by atomic mass is 16.5. The van der Waals surface area contributed by atoms with Crippen molar-refractivity contribution < 1.29 is 9.47 Å². The number of hydrogen-bond acceptors (Lipinski definition) is 2. The minimum absolute atomic E-state index is 0.149. The molecule has 2 nitrogen and oxygen atoms in total. The van der Waals surface area contributed by atoms with E-state index in [4.69, 9.17) is 9.47 Å². The number of unbranched alkanes of at least 4 members (excludes halogenated alkanes) is 7. The molecule has 0 aliphatic carbocycles. The molecule has 0 fully saturated rings. The van der Waals surface area contributed by atoms with Gasteiger partial charge in [-0.15, -0.1) is 0 Å². The van der Waals surface area contributed by atoms with E-state index in [0.29, 0.717) is 0 Å². The van der Waals surface area contributed by atoms with Crippen LogP contribution >= 0.6 is 0 Å². The van der Waals surface area contributed by atoms with Crippen LogP contribution in [0.4, 0.5) is 0 Å². The molecule has 2 aromatic carbocycles. The Morgan fingerprint density at radius 2 is 1.17 bits per heavy atom. The van der Waals surface area contributed by atoms with Crippen LogP contribution in [0.15, 0.2) is 48.5 Å². The van der Waals surface area contributed by atoms with Gasteiger partial charge in [-0.1, -0.05) is 95.2 Å². The Kier molecular flexibility index (Phi) is 11.5. The molecule has 0 heterocycles. The molecule has 29 heavy (non-hydrogen) atoms. The second kappa shape index (κ2) is 14.2. The van der Waals surface area contributed by atoms with Gasteiger partial charge in [0, 0.05) is 6.61 Å². The highest BCUT2D eigenvalue weighted by Gasteiger charge is 2.06. The van der Waals surface area contributed by atoms with Gasteiger partial charge in [0.15, 0.2) is 0 Å². The standard InChI is InChI=1S/C27H40O2/c1-4-6-7-8-9-10-11-12-22-29-27-19-17-26(18-20-27)25-15-13-24(14-16-25)23(3)28-21-5-2/h13-20,23H,4-12,21-22H2,1-3H3. The average Bonchev–Trinajstić information content (AvgIpc) is 2.77. The summed E-state index contributed by atoms with van der Waals surface area (Å²) in [6.45, 7) is 8.15. The quantitative estimate of drug-likeness (QED) is 0.281. The Morgan fingerprint density at radius 3 is 1.76 bits per heavy atom. The molecule has 0 bridgehead atoms. The van der Waals surface area contributed by atoms with Crippen LogP contribution in [0.5, 0.6) is 5.75 Å². The van der Waals surface area contributed by atoms with Gasteiger partial charge in [0.2, 0.25) is 0 Å². The van der Waals surface area contributed by atoms with E-state index < -0.39 is 0 Å². The number of hydrogen-bond donors (Lipinski definition) is 0. The van der Waals surface area contributed by atoms with E-state index in [9.17, 15) is 0 Å². The van der Waals surface area contributed by atoms with E-state index in [0.717, 1.165) is 31.8 Å². The van der Waals surface area contributed by atoms with E-state index in [1.807, 2.05) is 0 Å². The van der Waals surface area contributed by atoms with Crippen LogP contribution < -0.4 is 4.74 Å². The summed E-state index contributed by atoms with van der Waals surface area (Å²) in [6.07, 6.45) is 11.8. The first kappa shape index (κ1) is 23.5. The molecule has 0 spiro atoms. The molecular formula is C27H40O2. The van der Waals surface area contributed by atoms with Crippen LogP contribution in [0.3, 0.4) is 0 Å². The third-order valence-corrected chi connectivity index (χ3v) is 5.41.